The van der Waals surface area contributed by atoms with Crippen molar-refractivity contribution in [2.45, 2.75) is 231 Å². The molecule has 354 valence electrons. The molecule has 2 unspecified atom stereocenters. The van der Waals surface area contributed by atoms with E-state index in [2.05, 4.69) is 62.5 Å². The lowest BCUT2D eigenvalue weighted by molar-refractivity contribution is -0.889. The molecular weight excluding hydrogens is 763 g/mol. The number of hydrogen-bond donors (Lipinski definition) is 0. The van der Waals surface area contributed by atoms with E-state index < -0.39 is 18.1 Å². The highest BCUT2D eigenvalue weighted by Gasteiger charge is 2.25. The van der Waals surface area contributed by atoms with E-state index in [-0.39, 0.29) is 42.7 Å². The summed E-state index contributed by atoms with van der Waals surface area (Å²) >= 11 is 0. The average molecular weight is 858 g/mol. The van der Waals surface area contributed by atoms with E-state index in [1.807, 2.05) is 0 Å². The summed E-state index contributed by atoms with van der Waals surface area (Å²) < 4.78 is 17.2. The van der Waals surface area contributed by atoms with Gasteiger partial charge in [0.2, 0.25) is 0 Å². The SMILES string of the molecule is CC/C=C/C/C=C/C/C=C/CCCCCCCCCCCCCCCC(=O)OCC(COCCC(C(=O)[O-])[N+](C)(C)C)OC(=O)CCCCC/C=C/CCCCCCCCC. The summed E-state index contributed by atoms with van der Waals surface area (Å²) in [5.74, 6) is -1.75. The number of carboxylic acids is 1. The van der Waals surface area contributed by atoms with E-state index in [1.165, 1.54) is 116 Å². The van der Waals surface area contributed by atoms with E-state index in [0.717, 1.165) is 70.6 Å². The van der Waals surface area contributed by atoms with Crippen molar-refractivity contribution in [2.24, 2.45) is 0 Å². The number of ether oxygens (including phenoxy) is 3. The first-order valence-electron chi connectivity index (χ1n) is 25.2. The van der Waals surface area contributed by atoms with Crippen LogP contribution in [-0.4, -0.2) is 75.5 Å². The Bertz CT molecular complexity index is 1140. The van der Waals surface area contributed by atoms with E-state index in [0.29, 0.717) is 12.8 Å². The number of rotatable bonds is 45. The average Bonchev–Trinajstić information content (AvgIpc) is 3.22. The van der Waals surface area contributed by atoms with Crippen molar-refractivity contribution in [1.29, 1.82) is 0 Å². The number of nitrogens with zero attached hydrogens (tertiary/aromatic N) is 1. The number of carbonyl (C=O) groups is 3. The van der Waals surface area contributed by atoms with Gasteiger partial charge in [-0.1, -0.05) is 178 Å². The maximum Gasteiger partial charge on any atom is 0.306 e. The highest BCUT2D eigenvalue weighted by Crippen LogP contribution is 2.15. The molecule has 8 nitrogen and oxygen atoms in total. The Labute approximate surface area is 376 Å². The Morgan fingerprint density at radius 1 is 0.508 bits per heavy atom. The van der Waals surface area contributed by atoms with Crippen molar-refractivity contribution < 1.29 is 38.2 Å². The number of likely N-dealkylation sites (N-methyl/N-ethyl adjacent to an activating group) is 1. The molecule has 0 aliphatic heterocycles. The van der Waals surface area contributed by atoms with Crippen LogP contribution in [0.15, 0.2) is 48.6 Å². The molecule has 61 heavy (non-hydrogen) atoms. The maximum absolute atomic E-state index is 12.7. The van der Waals surface area contributed by atoms with Gasteiger partial charge in [-0.15, -0.1) is 0 Å². The van der Waals surface area contributed by atoms with Crippen LogP contribution in [0.1, 0.15) is 219 Å². The molecule has 0 N–H and O–H groups in total. The van der Waals surface area contributed by atoms with Crippen molar-refractivity contribution in [1.82, 2.24) is 0 Å². The second kappa shape index (κ2) is 43.9. The Morgan fingerprint density at radius 2 is 0.918 bits per heavy atom. The predicted octanol–water partition coefficient (Wildman–Crippen LogP) is 13.0. The normalized spacial score (nSPS) is 13.3. The van der Waals surface area contributed by atoms with Gasteiger partial charge >= 0.3 is 11.9 Å². The molecule has 0 aliphatic carbocycles. The predicted molar refractivity (Wildman–Crippen MR) is 254 cm³/mol. The number of carbonyl (C=O) groups excluding carboxylic acids is 3. The molecule has 0 rings (SSSR count). The fraction of sp³-hybridized carbons (Fsp3) is 0.792. The summed E-state index contributed by atoms with van der Waals surface area (Å²) in [5.41, 5.74) is 0. The van der Waals surface area contributed by atoms with Crippen molar-refractivity contribution in [3.63, 3.8) is 0 Å². The summed E-state index contributed by atoms with van der Waals surface area (Å²) in [5, 5.41) is 11.6. The zero-order valence-corrected chi connectivity index (χ0v) is 40.3. The van der Waals surface area contributed by atoms with Crippen LogP contribution in [0.5, 0.6) is 0 Å². The third-order valence-electron chi connectivity index (χ3n) is 11.2. The third-order valence-corrected chi connectivity index (χ3v) is 11.2. The monoisotopic (exact) mass is 858 g/mol. The lowest BCUT2D eigenvalue weighted by atomic mass is 10.0. The number of allylic oxidation sites excluding steroid dienone is 8. The molecule has 0 amide bonds. The maximum atomic E-state index is 12.7. The van der Waals surface area contributed by atoms with Crippen LogP contribution in [0.2, 0.25) is 0 Å². The smallest absolute Gasteiger partial charge is 0.306 e. The number of carboxylic acid groups (broad SMARTS) is 1. The fourth-order valence-electron chi connectivity index (χ4n) is 7.32. The van der Waals surface area contributed by atoms with Gasteiger partial charge in [-0.25, -0.2) is 0 Å². The molecule has 0 aromatic heterocycles. The van der Waals surface area contributed by atoms with E-state index in [1.54, 1.807) is 21.1 Å². The van der Waals surface area contributed by atoms with Gasteiger partial charge in [0.05, 0.1) is 40.3 Å². The van der Waals surface area contributed by atoms with Crippen LogP contribution in [0.4, 0.5) is 0 Å². The first kappa shape index (κ1) is 58.3. The van der Waals surface area contributed by atoms with Crippen molar-refractivity contribution in [3.8, 4) is 0 Å². The molecule has 0 aromatic rings. The first-order valence-corrected chi connectivity index (χ1v) is 25.2. The van der Waals surface area contributed by atoms with Crippen LogP contribution in [0.3, 0.4) is 0 Å². The second-order valence-electron chi connectivity index (χ2n) is 18.0. The topological polar surface area (TPSA) is 102 Å². The quantitative estimate of drug-likeness (QED) is 0.0260. The highest BCUT2D eigenvalue weighted by atomic mass is 16.6. The molecular formula is C53H95NO7. The lowest BCUT2D eigenvalue weighted by Gasteiger charge is -2.34. The minimum atomic E-state index is -1.13. The summed E-state index contributed by atoms with van der Waals surface area (Å²) in [7, 11) is 5.41. The number of aliphatic carboxylic acids is 1. The van der Waals surface area contributed by atoms with E-state index >= 15 is 0 Å². The molecule has 0 radical (unpaired) electrons. The lowest BCUT2D eigenvalue weighted by Crippen LogP contribution is -2.55. The molecule has 0 aliphatic rings. The summed E-state index contributed by atoms with van der Waals surface area (Å²) in [6.45, 7) is 4.55. The number of unbranched alkanes of at least 4 members (excludes halogenated alkanes) is 23. The Balaban J connectivity index is 4.20. The van der Waals surface area contributed by atoms with Crippen molar-refractivity contribution in [2.75, 3.05) is 41.0 Å². The molecule has 0 saturated heterocycles. The number of quaternary nitrogens is 1. The summed E-state index contributed by atoms with van der Waals surface area (Å²) in [6, 6.07) is -0.728. The Kier molecular flexibility index (Phi) is 42.0. The summed E-state index contributed by atoms with van der Waals surface area (Å²) in [6.07, 6.45) is 52.9. The van der Waals surface area contributed by atoms with E-state index in [4.69, 9.17) is 14.2 Å². The molecule has 0 fully saturated rings. The van der Waals surface area contributed by atoms with E-state index in [9.17, 15) is 19.5 Å². The molecule has 0 heterocycles. The van der Waals surface area contributed by atoms with Crippen LogP contribution < -0.4 is 5.11 Å². The van der Waals surface area contributed by atoms with Gasteiger partial charge in [-0.05, 0) is 70.6 Å². The minimum Gasteiger partial charge on any atom is -0.544 e. The molecule has 0 aromatic carbocycles. The van der Waals surface area contributed by atoms with Gasteiger partial charge in [0.25, 0.3) is 0 Å². The molecule has 0 spiro atoms. The molecule has 0 saturated carbocycles. The summed E-state index contributed by atoms with van der Waals surface area (Å²) in [4.78, 5) is 37.0. The molecule has 2 atom stereocenters. The van der Waals surface area contributed by atoms with Gasteiger partial charge in [0.1, 0.15) is 12.6 Å². The third kappa shape index (κ3) is 42.4. The van der Waals surface area contributed by atoms with Crippen LogP contribution >= 0.6 is 0 Å². The fourth-order valence-corrected chi connectivity index (χ4v) is 7.32. The van der Waals surface area contributed by atoms with Gasteiger partial charge in [0, 0.05) is 19.3 Å². The highest BCUT2D eigenvalue weighted by molar-refractivity contribution is 5.70. The Hall–Kier alpha value is -2.71. The zero-order valence-electron chi connectivity index (χ0n) is 40.3. The van der Waals surface area contributed by atoms with Crippen molar-refractivity contribution >= 4 is 17.9 Å². The largest absolute Gasteiger partial charge is 0.544 e. The van der Waals surface area contributed by atoms with Crippen LogP contribution in [0, 0.1) is 0 Å². The van der Waals surface area contributed by atoms with Gasteiger partial charge in [-0.3, -0.25) is 9.59 Å². The van der Waals surface area contributed by atoms with Crippen molar-refractivity contribution in [3.05, 3.63) is 48.6 Å². The Morgan fingerprint density at radius 3 is 1.39 bits per heavy atom. The van der Waals surface area contributed by atoms with Gasteiger partial charge in [-0.2, -0.15) is 0 Å². The van der Waals surface area contributed by atoms with Crippen LogP contribution in [-0.2, 0) is 28.6 Å². The van der Waals surface area contributed by atoms with Gasteiger partial charge < -0.3 is 28.6 Å². The minimum absolute atomic E-state index is 0.0354. The first-order chi connectivity index (χ1) is 29.6. The number of hydrogen-bond acceptors (Lipinski definition) is 7. The van der Waals surface area contributed by atoms with Crippen LogP contribution in [0.25, 0.3) is 0 Å². The molecule has 8 heteroatoms. The second-order valence-corrected chi connectivity index (χ2v) is 18.0. The standard InChI is InChI=1S/C53H95NO7/c1-6-8-10-12-14-16-18-20-22-23-24-25-26-27-28-29-30-32-33-35-37-39-41-43-51(55)60-48-49(47-59-46-45-50(53(57)58)54(3,4)5)61-52(56)44-42-40-38-36-34-31-21-19-17-15-13-11-9-7-2/h8,10,14,16,20,22,31,34,49-50H,6-7,9,11-13,15,17-19,21,23-30,32-33,35-48H2,1-5H3/b10-8+,16-14+,22-20+,34-31+. The zero-order chi connectivity index (χ0) is 44.9. The van der Waals surface area contributed by atoms with Gasteiger partial charge in [0.15, 0.2) is 6.10 Å². The molecule has 0 bridgehead atoms. The number of esters is 2.